The molecule has 29 heavy (non-hydrogen) atoms. The molecule has 0 aliphatic carbocycles. The van der Waals surface area contributed by atoms with Crippen molar-refractivity contribution in [2.75, 3.05) is 0 Å². The quantitative estimate of drug-likeness (QED) is 0.216. The third-order valence-electron chi connectivity index (χ3n) is 4.14. The van der Waals surface area contributed by atoms with Gasteiger partial charge in [-0.05, 0) is 59.0 Å². The molecule has 0 aliphatic heterocycles. The molecule has 0 saturated heterocycles. The van der Waals surface area contributed by atoms with Gasteiger partial charge in [0, 0.05) is 11.1 Å². The monoisotopic (exact) mass is 457 g/mol. The summed E-state index contributed by atoms with van der Waals surface area (Å²) in [5, 5.41) is 3.02. The van der Waals surface area contributed by atoms with E-state index in [9.17, 15) is 0 Å². The number of rotatable bonds is 5. The molecular weight excluding hydrogens is 445 g/mol. The van der Waals surface area contributed by atoms with Crippen molar-refractivity contribution in [2.45, 2.75) is 0 Å². The lowest BCUT2D eigenvalue weighted by molar-refractivity contribution is 0.483. The zero-order valence-electron chi connectivity index (χ0n) is 15.0. The van der Waals surface area contributed by atoms with Gasteiger partial charge in [0.2, 0.25) is 0 Å². The number of benzene rings is 3. The molecule has 1 aromatic heterocycles. The summed E-state index contributed by atoms with van der Waals surface area (Å²) in [5.74, 6) is 1.08. The molecule has 2 nitrogen and oxygen atoms in total. The number of hydrogen-bond donors (Lipinski definition) is 0. The SMILES string of the molecule is Clc1ccc(Oc2ccc(N=Cc3ccc(-c4cccs4)cc3)cc2)c(Cl)c1Cl. The Labute approximate surface area is 188 Å². The first-order valence-corrected chi connectivity index (χ1v) is 10.7. The molecule has 4 aromatic rings. The fourth-order valence-corrected chi connectivity index (χ4v) is 3.94. The van der Waals surface area contributed by atoms with Crippen LogP contribution in [0.1, 0.15) is 5.56 Å². The molecule has 0 unspecified atom stereocenters. The van der Waals surface area contributed by atoms with Gasteiger partial charge in [-0.3, -0.25) is 4.99 Å². The highest BCUT2D eigenvalue weighted by molar-refractivity contribution is 7.13. The van der Waals surface area contributed by atoms with Gasteiger partial charge >= 0.3 is 0 Å². The largest absolute Gasteiger partial charge is 0.456 e. The van der Waals surface area contributed by atoms with Crippen molar-refractivity contribution in [3.05, 3.63) is 98.8 Å². The van der Waals surface area contributed by atoms with Gasteiger partial charge in [0.15, 0.2) is 0 Å². The first-order chi connectivity index (χ1) is 14.1. The number of nitrogens with zero attached hydrogens (tertiary/aromatic N) is 1. The second kappa shape index (κ2) is 9.02. The van der Waals surface area contributed by atoms with Crippen LogP contribution in [0.5, 0.6) is 11.5 Å². The molecule has 4 rings (SSSR count). The molecule has 0 spiro atoms. The fraction of sp³-hybridized carbons (Fsp3) is 0. The van der Waals surface area contributed by atoms with Gasteiger partial charge in [0.05, 0.1) is 15.7 Å². The molecule has 3 aromatic carbocycles. The Balaban J connectivity index is 1.43. The summed E-state index contributed by atoms with van der Waals surface area (Å²) in [6.45, 7) is 0. The van der Waals surface area contributed by atoms with Gasteiger partial charge in [0.1, 0.15) is 16.5 Å². The Hall–Kier alpha value is -2.30. The Morgan fingerprint density at radius 1 is 0.793 bits per heavy atom. The van der Waals surface area contributed by atoms with E-state index in [4.69, 9.17) is 39.5 Å². The summed E-state index contributed by atoms with van der Waals surface area (Å²) in [6, 6.07) is 23.2. The van der Waals surface area contributed by atoms with Crippen LogP contribution in [0.15, 0.2) is 83.2 Å². The van der Waals surface area contributed by atoms with Crippen LogP contribution in [-0.2, 0) is 0 Å². The molecule has 144 valence electrons. The zero-order chi connectivity index (χ0) is 20.2. The van der Waals surface area contributed by atoms with Crippen LogP contribution in [0.3, 0.4) is 0 Å². The highest BCUT2D eigenvalue weighted by Crippen LogP contribution is 2.39. The van der Waals surface area contributed by atoms with E-state index < -0.39 is 0 Å². The maximum atomic E-state index is 6.18. The lowest BCUT2D eigenvalue weighted by Gasteiger charge is -2.09. The minimum atomic E-state index is 0.275. The van der Waals surface area contributed by atoms with Crippen LogP contribution < -0.4 is 4.74 Å². The Morgan fingerprint density at radius 3 is 2.24 bits per heavy atom. The van der Waals surface area contributed by atoms with Crippen LogP contribution in [0.4, 0.5) is 5.69 Å². The van der Waals surface area contributed by atoms with Gasteiger partial charge in [0.25, 0.3) is 0 Å². The number of aliphatic imine (C=N–C) groups is 1. The molecule has 6 heteroatoms. The molecule has 0 fully saturated rings. The highest BCUT2D eigenvalue weighted by Gasteiger charge is 2.10. The smallest absolute Gasteiger partial charge is 0.147 e. The van der Waals surface area contributed by atoms with Crippen molar-refractivity contribution in [3.63, 3.8) is 0 Å². The van der Waals surface area contributed by atoms with E-state index in [0.29, 0.717) is 16.5 Å². The normalized spacial score (nSPS) is 11.1. The van der Waals surface area contributed by atoms with Gasteiger partial charge in [-0.15, -0.1) is 11.3 Å². The van der Waals surface area contributed by atoms with E-state index in [-0.39, 0.29) is 10.0 Å². The molecule has 1 heterocycles. The molecule has 0 aliphatic rings. The van der Waals surface area contributed by atoms with Crippen molar-refractivity contribution < 1.29 is 4.74 Å². The Kier molecular flexibility index (Phi) is 6.22. The Bertz CT molecular complexity index is 1140. The van der Waals surface area contributed by atoms with E-state index in [2.05, 4.69) is 46.8 Å². The minimum Gasteiger partial charge on any atom is -0.456 e. The lowest BCUT2D eigenvalue weighted by atomic mass is 10.1. The summed E-state index contributed by atoms with van der Waals surface area (Å²) in [7, 11) is 0. The fourth-order valence-electron chi connectivity index (χ4n) is 2.64. The highest BCUT2D eigenvalue weighted by atomic mass is 35.5. The van der Waals surface area contributed by atoms with Gasteiger partial charge in [-0.25, -0.2) is 0 Å². The van der Waals surface area contributed by atoms with E-state index in [1.54, 1.807) is 23.5 Å². The van der Waals surface area contributed by atoms with E-state index in [1.807, 2.05) is 30.5 Å². The molecular formula is C23H14Cl3NOS. The van der Waals surface area contributed by atoms with Gasteiger partial charge in [-0.1, -0.05) is 65.1 Å². The maximum Gasteiger partial charge on any atom is 0.147 e. The van der Waals surface area contributed by atoms with E-state index >= 15 is 0 Å². The van der Waals surface area contributed by atoms with Crippen molar-refractivity contribution in [1.82, 2.24) is 0 Å². The molecule has 0 amide bonds. The average molecular weight is 459 g/mol. The predicted molar refractivity (Wildman–Crippen MR) is 125 cm³/mol. The summed E-state index contributed by atoms with van der Waals surface area (Å²) in [5.41, 5.74) is 3.06. The van der Waals surface area contributed by atoms with Crippen LogP contribution >= 0.6 is 46.1 Å². The predicted octanol–water partition coefficient (Wildman–Crippen LogP) is 8.92. The maximum absolute atomic E-state index is 6.18. The van der Waals surface area contributed by atoms with E-state index in [1.165, 1.54) is 10.4 Å². The molecule has 0 bridgehead atoms. The van der Waals surface area contributed by atoms with Gasteiger partial charge in [-0.2, -0.15) is 0 Å². The standard InChI is InChI=1S/C23H14Cl3NOS/c24-19-11-12-20(23(26)22(19)25)28-18-9-7-17(8-10-18)27-14-15-3-5-16(6-4-15)21-2-1-13-29-21/h1-14H. The van der Waals surface area contributed by atoms with Crippen LogP contribution in [0.2, 0.25) is 15.1 Å². The third kappa shape index (κ3) is 4.82. The summed E-state index contributed by atoms with van der Waals surface area (Å²) < 4.78 is 5.79. The first-order valence-electron chi connectivity index (χ1n) is 8.69. The summed E-state index contributed by atoms with van der Waals surface area (Å²) in [4.78, 5) is 5.77. The zero-order valence-corrected chi connectivity index (χ0v) is 18.1. The lowest BCUT2D eigenvalue weighted by Crippen LogP contribution is -1.86. The number of ether oxygens (including phenoxy) is 1. The minimum absolute atomic E-state index is 0.275. The van der Waals surface area contributed by atoms with Crippen LogP contribution in [-0.4, -0.2) is 6.21 Å². The summed E-state index contributed by atoms with van der Waals surface area (Å²) in [6.07, 6.45) is 1.84. The molecule has 0 radical (unpaired) electrons. The Morgan fingerprint density at radius 2 is 1.55 bits per heavy atom. The average Bonchev–Trinajstić information content (AvgIpc) is 3.29. The van der Waals surface area contributed by atoms with Crippen molar-refractivity contribution in [1.29, 1.82) is 0 Å². The van der Waals surface area contributed by atoms with Crippen LogP contribution in [0, 0.1) is 0 Å². The van der Waals surface area contributed by atoms with Crippen LogP contribution in [0.25, 0.3) is 10.4 Å². The number of halogens is 3. The third-order valence-corrected chi connectivity index (χ3v) is 6.34. The second-order valence-corrected chi connectivity index (χ2v) is 8.24. The molecule has 0 saturated carbocycles. The van der Waals surface area contributed by atoms with Crippen molar-refractivity contribution in [2.24, 2.45) is 4.99 Å². The van der Waals surface area contributed by atoms with Crippen molar-refractivity contribution in [3.8, 4) is 21.9 Å². The van der Waals surface area contributed by atoms with E-state index in [0.717, 1.165) is 11.3 Å². The number of hydrogen-bond acceptors (Lipinski definition) is 3. The second-order valence-electron chi connectivity index (χ2n) is 6.13. The van der Waals surface area contributed by atoms with Crippen molar-refractivity contribution >= 4 is 58.0 Å². The summed E-state index contributed by atoms with van der Waals surface area (Å²) >= 11 is 19.9. The van der Waals surface area contributed by atoms with Gasteiger partial charge < -0.3 is 4.74 Å². The topological polar surface area (TPSA) is 21.6 Å². The number of thiophene rings is 1. The molecule has 0 atom stereocenters. The molecule has 0 N–H and O–H groups in total. The first kappa shape index (κ1) is 20.0.